The van der Waals surface area contributed by atoms with Crippen molar-refractivity contribution in [2.45, 2.75) is 25.8 Å². The molecule has 0 aliphatic rings. The van der Waals surface area contributed by atoms with Gasteiger partial charge in [0.1, 0.15) is 0 Å². The Morgan fingerprint density at radius 2 is 2.47 bits per heavy atom. The van der Waals surface area contributed by atoms with Crippen LogP contribution < -0.4 is 11.3 Å². The minimum absolute atomic E-state index is 0.166. The van der Waals surface area contributed by atoms with Crippen molar-refractivity contribution in [2.24, 2.45) is 5.84 Å². The third-order valence-electron chi connectivity index (χ3n) is 2.27. The van der Waals surface area contributed by atoms with Gasteiger partial charge in [0.25, 0.3) is 0 Å². The van der Waals surface area contributed by atoms with Gasteiger partial charge in [-0.3, -0.25) is 16.3 Å². The molecule has 1 atom stereocenters. The Bertz CT molecular complexity index is 253. The average molecular weight is 209 g/mol. The van der Waals surface area contributed by atoms with Gasteiger partial charge in [-0.1, -0.05) is 6.07 Å². The normalized spacial score (nSPS) is 12.7. The van der Waals surface area contributed by atoms with Crippen LogP contribution in [0.3, 0.4) is 0 Å². The van der Waals surface area contributed by atoms with E-state index in [1.807, 2.05) is 25.3 Å². The van der Waals surface area contributed by atoms with Crippen LogP contribution in [0.2, 0.25) is 0 Å². The van der Waals surface area contributed by atoms with Crippen LogP contribution in [0, 0.1) is 0 Å². The highest BCUT2D eigenvalue weighted by Crippen LogP contribution is 2.15. The van der Waals surface area contributed by atoms with Crippen molar-refractivity contribution in [3.63, 3.8) is 0 Å². The topological polar surface area (TPSA) is 60.2 Å². The third kappa shape index (κ3) is 4.38. The average Bonchev–Trinajstić information content (AvgIpc) is 2.30. The molecular formula is C11H19N3O. The van der Waals surface area contributed by atoms with E-state index < -0.39 is 0 Å². The Labute approximate surface area is 90.8 Å². The maximum atomic E-state index is 5.50. The monoisotopic (exact) mass is 209 g/mol. The van der Waals surface area contributed by atoms with Crippen molar-refractivity contribution >= 4 is 0 Å². The second-order valence-corrected chi connectivity index (χ2v) is 3.34. The minimum Gasteiger partial charge on any atom is -0.382 e. The van der Waals surface area contributed by atoms with E-state index in [4.69, 9.17) is 10.6 Å². The fourth-order valence-electron chi connectivity index (χ4n) is 1.46. The molecule has 1 aromatic rings. The fraction of sp³-hybridized carbons (Fsp3) is 0.545. The summed E-state index contributed by atoms with van der Waals surface area (Å²) in [5.41, 5.74) is 3.92. The van der Waals surface area contributed by atoms with E-state index in [0.717, 1.165) is 31.6 Å². The summed E-state index contributed by atoms with van der Waals surface area (Å²) in [7, 11) is 0. The molecule has 84 valence electrons. The Kier molecular flexibility index (Phi) is 5.92. The first-order valence-corrected chi connectivity index (χ1v) is 5.32. The summed E-state index contributed by atoms with van der Waals surface area (Å²) in [4.78, 5) is 4.07. The van der Waals surface area contributed by atoms with E-state index in [1.165, 1.54) is 0 Å². The van der Waals surface area contributed by atoms with E-state index in [1.54, 1.807) is 6.20 Å². The molecule has 0 spiro atoms. The number of ether oxygens (including phenoxy) is 1. The van der Waals surface area contributed by atoms with Gasteiger partial charge in [0, 0.05) is 31.6 Å². The van der Waals surface area contributed by atoms with Crippen molar-refractivity contribution in [1.82, 2.24) is 10.4 Å². The second-order valence-electron chi connectivity index (χ2n) is 3.34. The molecule has 0 aliphatic carbocycles. The van der Waals surface area contributed by atoms with Gasteiger partial charge in [-0.05, 0) is 31.4 Å². The molecule has 3 N–H and O–H groups in total. The van der Waals surface area contributed by atoms with Crippen LogP contribution in [0.25, 0.3) is 0 Å². The predicted octanol–water partition coefficient (Wildman–Crippen LogP) is 1.40. The maximum Gasteiger partial charge on any atom is 0.0476 e. The highest BCUT2D eigenvalue weighted by molar-refractivity contribution is 5.13. The lowest BCUT2D eigenvalue weighted by atomic mass is 10.1. The highest BCUT2D eigenvalue weighted by Gasteiger charge is 2.08. The van der Waals surface area contributed by atoms with Gasteiger partial charge in [0.05, 0.1) is 0 Å². The molecule has 1 heterocycles. The summed E-state index contributed by atoms with van der Waals surface area (Å²) in [6, 6.07) is 4.11. The molecule has 1 rings (SSSR count). The largest absolute Gasteiger partial charge is 0.382 e. The lowest BCUT2D eigenvalue weighted by molar-refractivity contribution is 0.141. The Morgan fingerprint density at radius 3 is 3.07 bits per heavy atom. The number of hydrazine groups is 1. The molecule has 4 heteroatoms. The number of hydrogen-bond donors (Lipinski definition) is 2. The standard InChI is InChI=1S/C11H19N3O/c1-2-15-8-4-6-11(14-12)10-5-3-7-13-9-10/h3,5,7,9,11,14H,2,4,6,8,12H2,1H3. The van der Waals surface area contributed by atoms with Gasteiger partial charge in [0.2, 0.25) is 0 Å². The lowest BCUT2D eigenvalue weighted by Crippen LogP contribution is -2.28. The van der Waals surface area contributed by atoms with Crippen LogP contribution in [0.15, 0.2) is 24.5 Å². The lowest BCUT2D eigenvalue weighted by Gasteiger charge is -2.15. The molecular weight excluding hydrogens is 190 g/mol. The molecule has 0 saturated carbocycles. The van der Waals surface area contributed by atoms with E-state index in [2.05, 4.69) is 10.4 Å². The first-order chi connectivity index (χ1) is 7.38. The molecule has 1 unspecified atom stereocenters. The van der Waals surface area contributed by atoms with E-state index in [0.29, 0.717) is 0 Å². The van der Waals surface area contributed by atoms with Gasteiger partial charge >= 0.3 is 0 Å². The second kappa shape index (κ2) is 7.34. The van der Waals surface area contributed by atoms with Crippen LogP contribution in [0.1, 0.15) is 31.4 Å². The Morgan fingerprint density at radius 1 is 1.60 bits per heavy atom. The minimum atomic E-state index is 0.166. The van der Waals surface area contributed by atoms with Gasteiger partial charge in [-0.25, -0.2) is 0 Å². The SMILES string of the molecule is CCOCCCC(NN)c1cccnc1. The van der Waals surface area contributed by atoms with Crippen LogP contribution in [-0.4, -0.2) is 18.2 Å². The molecule has 4 nitrogen and oxygen atoms in total. The number of aromatic nitrogens is 1. The summed E-state index contributed by atoms with van der Waals surface area (Å²) in [6.45, 7) is 3.56. The summed E-state index contributed by atoms with van der Waals surface area (Å²) in [5, 5.41) is 0. The van der Waals surface area contributed by atoms with Crippen molar-refractivity contribution in [3.05, 3.63) is 30.1 Å². The maximum absolute atomic E-state index is 5.50. The summed E-state index contributed by atoms with van der Waals surface area (Å²) >= 11 is 0. The van der Waals surface area contributed by atoms with Crippen molar-refractivity contribution < 1.29 is 4.74 Å². The Balaban J connectivity index is 2.36. The van der Waals surface area contributed by atoms with Crippen LogP contribution in [0.5, 0.6) is 0 Å². The molecule has 15 heavy (non-hydrogen) atoms. The van der Waals surface area contributed by atoms with Crippen molar-refractivity contribution in [3.8, 4) is 0 Å². The first-order valence-electron chi connectivity index (χ1n) is 5.32. The summed E-state index contributed by atoms with van der Waals surface area (Å²) in [5.74, 6) is 5.50. The smallest absolute Gasteiger partial charge is 0.0476 e. The number of rotatable bonds is 7. The zero-order valence-corrected chi connectivity index (χ0v) is 9.15. The fourth-order valence-corrected chi connectivity index (χ4v) is 1.46. The van der Waals surface area contributed by atoms with Crippen molar-refractivity contribution in [1.29, 1.82) is 0 Å². The summed E-state index contributed by atoms with van der Waals surface area (Å²) in [6.07, 6.45) is 5.56. The zero-order chi connectivity index (χ0) is 10.9. The molecule has 0 bridgehead atoms. The third-order valence-corrected chi connectivity index (χ3v) is 2.27. The van der Waals surface area contributed by atoms with Crippen LogP contribution in [-0.2, 0) is 4.74 Å². The molecule has 1 aromatic heterocycles. The molecule has 0 radical (unpaired) electrons. The van der Waals surface area contributed by atoms with Crippen molar-refractivity contribution in [2.75, 3.05) is 13.2 Å². The number of nitrogens with two attached hydrogens (primary N) is 1. The predicted molar refractivity (Wildman–Crippen MR) is 60.0 cm³/mol. The van der Waals surface area contributed by atoms with E-state index in [9.17, 15) is 0 Å². The highest BCUT2D eigenvalue weighted by atomic mass is 16.5. The Hall–Kier alpha value is -0.970. The van der Waals surface area contributed by atoms with Crippen LogP contribution in [0.4, 0.5) is 0 Å². The van der Waals surface area contributed by atoms with Gasteiger partial charge in [0.15, 0.2) is 0 Å². The summed E-state index contributed by atoms with van der Waals surface area (Å²) < 4.78 is 5.28. The quantitative estimate of drug-likeness (QED) is 0.405. The molecule has 0 fully saturated rings. The number of nitrogens with one attached hydrogen (secondary N) is 1. The zero-order valence-electron chi connectivity index (χ0n) is 9.15. The van der Waals surface area contributed by atoms with E-state index in [-0.39, 0.29) is 6.04 Å². The van der Waals surface area contributed by atoms with Gasteiger partial charge in [-0.15, -0.1) is 0 Å². The molecule has 0 aromatic carbocycles. The number of pyridine rings is 1. The van der Waals surface area contributed by atoms with Gasteiger partial charge < -0.3 is 4.74 Å². The molecule has 0 amide bonds. The number of nitrogens with zero attached hydrogens (tertiary/aromatic N) is 1. The molecule has 0 saturated heterocycles. The van der Waals surface area contributed by atoms with E-state index >= 15 is 0 Å². The first kappa shape index (κ1) is 12.1. The van der Waals surface area contributed by atoms with Crippen LogP contribution >= 0.6 is 0 Å². The van der Waals surface area contributed by atoms with Gasteiger partial charge in [-0.2, -0.15) is 0 Å². The number of hydrogen-bond acceptors (Lipinski definition) is 4. The molecule has 0 aliphatic heterocycles.